The second-order valence-electron chi connectivity index (χ2n) is 6.39. The number of anilines is 1. The van der Waals surface area contributed by atoms with Gasteiger partial charge in [-0.25, -0.2) is 0 Å². The Hall–Kier alpha value is -2.51. The van der Waals surface area contributed by atoms with Crippen molar-refractivity contribution in [1.82, 2.24) is 10.6 Å². The molecule has 2 amide bonds. The van der Waals surface area contributed by atoms with E-state index >= 15 is 0 Å². The molecule has 2 unspecified atom stereocenters. The van der Waals surface area contributed by atoms with Crippen molar-refractivity contribution in [2.24, 2.45) is 5.92 Å². The molecule has 0 aliphatic carbocycles. The summed E-state index contributed by atoms with van der Waals surface area (Å²) in [6.45, 7) is 3.83. The number of amides is 2. The van der Waals surface area contributed by atoms with Crippen molar-refractivity contribution in [2.75, 3.05) is 25.0 Å². The number of rotatable bonds is 6. The van der Waals surface area contributed by atoms with Crippen molar-refractivity contribution < 1.29 is 18.7 Å². The first-order valence-electron chi connectivity index (χ1n) is 8.69. The predicted molar refractivity (Wildman–Crippen MR) is 104 cm³/mol. The summed E-state index contributed by atoms with van der Waals surface area (Å²) >= 11 is 0. The van der Waals surface area contributed by atoms with Gasteiger partial charge >= 0.3 is 0 Å². The fourth-order valence-corrected chi connectivity index (χ4v) is 2.84. The third-order valence-electron chi connectivity index (χ3n) is 4.38. The molecular formula is C19H24ClN3O4. The van der Waals surface area contributed by atoms with E-state index in [2.05, 4.69) is 22.9 Å². The van der Waals surface area contributed by atoms with Crippen molar-refractivity contribution in [2.45, 2.75) is 19.4 Å². The number of halogens is 1. The highest BCUT2D eigenvalue weighted by atomic mass is 35.5. The number of benzene rings is 1. The molecule has 0 spiro atoms. The standard InChI is InChI=1S/C19H23N3O4.ClH/c1-13-7-8-20-11-16(13)22-18(23)12-26-15-5-2-4-14(10-15)21-19(24)17-6-3-9-25-17;/h2-6,9-10,13,16,20H,7-8,11-12H2,1H3,(H,21,24)(H,22,23);1H. The summed E-state index contributed by atoms with van der Waals surface area (Å²) in [6, 6.07) is 10.2. The number of nitrogens with one attached hydrogen (secondary N) is 3. The first-order valence-corrected chi connectivity index (χ1v) is 8.69. The number of furan rings is 1. The molecule has 3 rings (SSSR count). The van der Waals surface area contributed by atoms with Gasteiger partial charge in [-0.3, -0.25) is 9.59 Å². The fraction of sp³-hybridized carbons (Fsp3) is 0.368. The Labute approximate surface area is 164 Å². The molecule has 0 bridgehead atoms. The number of hydrogen-bond donors (Lipinski definition) is 3. The maximum Gasteiger partial charge on any atom is 0.291 e. The van der Waals surface area contributed by atoms with E-state index in [1.165, 1.54) is 6.26 Å². The maximum atomic E-state index is 12.1. The molecule has 0 radical (unpaired) electrons. The second-order valence-corrected chi connectivity index (χ2v) is 6.39. The molecule has 1 aliphatic heterocycles. The summed E-state index contributed by atoms with van der Waals surface area (Å²) in [5.74, 6) is 0.678. The van der Waals surface area contributed by atoms with E-state index in [1.54, 1.807) is 36.4 Å². The van der Waals surface area contributed by atoms with Crippen LogP contribution >= 0.6 is 12.4 Å². The smallest absolute Gasteiger partial charge is 0.291 e. The van der Waals surface area contributed by atoms with E-state index in [-0.39, 0.29) is 42.6 Å². The van der Waals surface area contributed by atoms with Gasteiger partial charge in [0.25, 0.3) is 11.8 Å². The zero-order valence-electron chi connectivity index (χ0n) is 15.1. The van der Waals surface area contributed by atoms with Gasteiger partial charge in [0.15, 0.2) is 12.4 Å². The zero-order valence-corrected chi connectivity index (χ0v) is 15.9. The lowest BCUT2D eigenvalue weighted by Crippen LogP contribution is -2.51. The molecule has 1 fully saturated rings. The van der Waals surface area contributed by atoms with E-state index < -0.39 is 0 Å². The van der Waals surface area contributed by atoms with E-state index in [4.69, 9.17) is 9.15 Å². The van der Waals surface area contributed by atoms with Crippen LogP contribution in [0.3, 0.4) is 0 Å². The van der Waals surface area contributed by atoms with Crippen LogP contribution in [0.1, 0.15) is 23.9 Å². The minimum atomic E-state index is -0.344. The van der Waals surface area contributed by atoms with Gasteiger partial charge < -0.3 is 25.1 Å². The van der Waals surface area contributed by atoms with Crippen molar-refractivity contribution in [1.29, 1.82) is 0 Å². The molecule has 27 heavy (non-hydrogen) atoms. The molecule has 2 aromatic rings. The third kappa shape index (κ3) is 6.01. The number of hydrogen-bond acceptors (Lipinski definition) is 5. The normalized spacial score (nSPS) is 18.9. The average Bonchev–Trinajstić information content (AvgIpc) is 3.17. The molecule has 1 saturated heterocycles. The Morgan fingerprint density at radius 3 is 2.89 bits per heavy atom. The SMILES string of the molecule is CC1CCNCC1NC(=O)COc1cccc(NC(=O)c2ccco2)c1.Cl. The van der Waals surface area contributed by atoms with Gasteiger partial charge in [0, 0.05) is 24.3 Å². The summed E-state index contributed by atoms with van der Waals surface area (Å²) < 4.78 is 10.6. The molecule has 1 aromatic heterocycles. The average molecular weight is 394 g/mol. The highest BCUT2D eigenvalue weighted by Crippen LogP contribution is 2.18. The molecule has 0 saturated carbocycles. The van der Waals surface area contributed by atoms with Crippen LogP contribution < -0.4 is 20.7 Å². The highest BCUT2D eigenvalue weighted by molar-refractivity contribution is 6.02. The summed E-state index contributed by atoms with van der Waals surface area (Å²) in [6.07, 6.45) is 2.49. The van der Waals surface area contributed by atoms with Crippen LogP contribution in [-0.2, 0) is 4.79 Å². The van der Waals surface area contributed by atoms with E-state index in [0.29, 0.717) is 17.4 Å². The van der Waals surface area contributed by atoms with E-state index in [0.717, 1.165) is 19.5 Å². The topological polar surface area (TPSA) is 92.6 Å². The highest BCUT2D eigenvalue weighted by Gasteiger charge is 2.22. The largest absolute Gasteiger partial charge is 0.484 e. The molecule has 2 heterocycles. The summed E-state index contributed by atoms with van der Waals surface area (Å²) in [5, 5.41) is 9.00. The van der Waals surface area contributed by atoms with Gasteiger partial charge in [-0.15, -0.1) is 12.4 Å². The molecule has 1 aromatic carbocycles. The number of piperidine rings is 1. The quantitative estimate of drug-likeness (QED) is 0.701. The Balaban J connectivity index is 0.00000261. The lowest BCUT2D eigenvalue weighted by atomic mass is 9.95. The first-order chi connectivity index (χ1) is 12.6. The minimum Gasteiger partial charge on any atom is -0.484 e. The van der Waals surface area contributed by atoms with Gasteiger partial charge in [0.1, 0.15) is 5.75 Å². The van der Waals surface area contributed by atoms with E-state index in [1.807, 2.05) is 0 Å². The molecule has 3 N–H and O–H groups in total. The van der Waals surface area contributed by atoms with Crippen LogP contribution in [0.4, 0.5) is 5.69 Å². The fourth-order valence-electron chi connectivity index (χ4n) is 2.84. The van der Waals surface area contributed by atoms with Crippen molar-refractivity contribution >= 4 is 29.9 Å². The summed E-state index contributed by atoms with van der Waals surface area (Å²) in [7, 11) is 0. The second kappa shape index (κ2) is 9.99. The molecule has 7 nitrogen and oxygen atoms in total. The van der Waals surface area contributed by atoms with Gasteiger partial charge in [-0.1, -0.05) is 13.0 Å². The molecule has 146 valence electrons. The Bertz CT molecular complexity index is 751. The number of carbonyl (C=O) groups excluding carboxylic acids is 2. The number of ether oxygens (including phenoxy) is 1. The van der Waals surface area contributed by atoms with Crippen LogP contribution in [0.5, 0.6) is 5.75 Å². The molecule has 1 aliphatic rings. The summed E-state index contributed by atoms with van der Waals surface area (Å²) in [4.78, 5) is 24.1. The van der Waals surface area contributed by atoms with Crippen LogP contribution in [0.2, 0.25) is 0 Å². The minimum absolute atomic E-state index is 0. The van der Waals surface area contributed by atoms with Gasteiger partial charge in [-0.05, 0) is 43.1 Å². The Kier molecular flexibility index (Phi) is 7.69. The van der Waals surface area contributed by atoms with Crippen LogP contribution in [0.25, 0.3) is 0 Å². The van der Waals surface area contributed by atoms with Gasteiger partial charge in [0.05, 0.1) is 6.26 Å². The predicted octanol–water partition coefficient (Wildman–Crippen LogP) is 2.45. The number of carbonyl (C=O) groups is 2. The Morgan fingerprint density at radius 1 is 1.30 bits per heavy atom. The van der Waals surface area contributed by atoms with Crippen molar-refractivity contribution in [3.8, 4) is 5.75 Å². The molecular weight excluding hydrogens is 370 g/mol. The lowest BCUT2D eigenvalue weighted by molar-refractivity contribution is -0.124. The third-order valence-corrected chi connectivity index (χ3v) is 4.38. The molecule has 8 heteroatoms. The van der Waals surface area contributed by atoms with Gasteiger partial charge in [-0.2, -0.15) is 0 Å². The Morgan fingerprint density at radius 2 is 2.15 bits per heavy atom. The molecule has 2 atom stereocenters. The first kappa shape index (κ1) is 20.8. The van der Waals surface area contributed by atoms with Crippen molar-refractivity contribution in [3.63, 3.8) is 0 Å². The van der Waals surface area contributed by atoms with Crippen LogP contribution in [-0.4, -0.2) is 37.6 Å². The van der Waals surface area contributed by atoms with Crippen LogP contribution in [0, 0.1) is 5.92 Å². The monoisotopic (exact) mass is 393 g/mol. The van der Waals surface area contributed by atoms with Crippen molar-refractivity contribution in [3.05, 3.63) is 48.4 Å². The van der Waals surface area contributed by atoms with E-state index in [9.17, 15) is 9.59 Å². The maximum absolute atomic E-state index is 12.1. The lowest BCUT2D eigenvalue weighted by Gasteiger charge is -2.30. The van der Waals surface area contributed by atoms with Gasteiger partial charge in [0.2, 0.25) is 0 Å². The zero-order chi connectivity index (χ0) is 18.4. The van der Waals surface area contributed by atoms with Crippen LogP contribution in [0.15, 0.2) is 47.1 Å². The summed E-state index contributed by atoms with van der Waals surface area (Å²) in [5.41, 5.74) is 0.564.